The van der Waals surface area contributed by atoms with Crippen LogP contribution in [0.25, 0.3) is 0 Å². The first-order valence-electron chi connectivity index (χ1n) is 7.08. The van der Waals surface area contributed by atoms with E-state index in [4.69, 9.17) is 23.2 Å². The molecule has 0 spiro atoms. The lowest BCUT2D eigenvalue weighted by atomic mass is 10.1. The van der Waals surface area contributed by atoms with Crippen LogP contribution in [0.2, 0.25) is 0 Å². The van der Waals surface area contributed by atoms with E-state index >= 15 is 0 Å². The third-order valence-corrected chi connectivity index (χ3v) is 4.17. The van der Waals surface area contributed by atoms with E-state index in [9.17, 15) is 14.7 Å². The summed E-state index contributed by atoms with van der Waals surface area (Å²) in [4.78, 5) is 31.0. The summed E-state index contributed by atoms with van der Waals surface area (Å²) in [5, 5.41) is 9.46. The van der Waals surface area contributed by atoms with Gasteiger partial charge in [-0.25, -0.2) is 0 Å². The molecular formula is C15H17Cl2N3O3. The summed E-state index contributed by atoms with van der Waals surface area (Å²) in [6.45, 7) is 5.16. The van der Waals surface area contributed by atoms with E-state index in [1.54, 1.807) is 9.80 Å². The quantitative estimate of drug-likeness (QED) is 0.613. The van der Waals surface area contributed by atoms with Crippen LogP contribution in [0.1, 0.15) is 0 Å². The van der Waals surface area contributed by atoms with Crippen LogP contribution in [0.15, 0.2) is 40.6 Å². The molecule has 0 aromatic carbocycles. The largest absolute Gasteiger partial charge is 0.506 e. The maximum atomic E-state index is 12.2. The molecule has 1 aliphatic carbocycles. The van der Waals surface area contributed by atoms with Crippen molar-refractivity contribution in [3.8, 4) is 0 Å². The van der Waals surface area contributed by atoms with Crippen LogP contribution in [0.4, 0.5) is 0 Å². The summed E-state index contributed by atoms with van der Waals surface area (Å²) < 4.78 is 0. The van der Waals surface area contributed by atoms with E-state index in [2.05, 4.69) is 11.6 Å². The number of amides is 2. The van der Waals surface area contributed by atoms with Gasteiger partial charge in [0.15, 0.2) is 0 Å². The van der Waals surface area contributed by atoms with Crippen molar-refractivity contribution in [1.82, 2.24) is 9.80 Å². The second-order valence-corrected chi connectivity index (χ2v) is 6.00. The lowest BCUT2D eigenvalue weighted by Crippen LogP contribution is -2.50. The van der Waals surface area contributed by atoms with Crippen molar-refractivity contribution < 1.29 is 14.7 Å². The van der Waals surface area contributed by atoms with Crippen LogP contribution < -0.4 is 0 Å². The number of nitrogens with zero attached hydrogens (tertiary/aromatic N) is 3. The Labute approximate surface area is 144 Å². The van der Waals surface area contributed by atoms with Crippen molar-refractivity contribution in [3.63, 3.8) is 0 Å². The molecule has 2 rings (SSSR count). The van der Waals surface area contributed by atoms with Gasteiger partial charge in [0.25, 0.3) is 0 Å². The predicted molar refractivity (Wildman–Crippen MR) is 89.9 cm³/mol. The Balaban J connectivity index is 1.91. The monoisotopic (exact) mass is 357 g/mol. The van der Waals surface area contributed by atoms with E-state index in [1.807, 2.05) is 0 Å². The molecule has 23 heavy (non-hydrogen) atoms. The van der Waals surface area contributed by atoms with Gasteiger partial charge in [-0.2, -0.15) is 0 Å². The van der Waals surface area contributed by atoms with E-state index in [0.29, 0.717) is 31.2 Å². The molecule has 1 unspecified atom stereocenters. The number of hydrogen-bond acceptors (Lipinski definition) is 4. The average molecular weight is 358 g/mol. The zero-order valence-corrected chi connectivity index (χ0v) is 13.9. The smallest absolute Gasteiger partial charge is 0.246 e. The van der Waals surface area contributed by atoms with Crippen molar-refractivity contribution in [2.75, 3.05) is 32.7 Å². The van der Waals surface area contributed by atoms with Crippen LogP contribution in [0.5, 0.6) is 0 Å². The molecular weight excluding hydrogens is 341 g/mol. The highest BCUT2D eigenvalue weighted by Gasteiger charge is 2.24. The average Bonchev–Trinajstić information content (AvgIpc) is 2.53. The Hall–Kier alpha value is -1.79. The van der Waals surface area contributed by atoms with E-state index < -0.39 is 5.38 Å². The van der Waals surface area contributed by atoms with Crippen molar-refractivity contribution >= 4 is 40.7 Å². The number of rotatable bonds is 3. The fraction of sp³-hybridized carbons (Fsp3) is 0.400. The number of carbonyl (C=O) groups is 2. The summed E-state index contributed by atoms with van der Waals surface area (Å²) in [7, 11) is 0. The van der Waals surface area contributed by atoms with Gasteiger partial charge >= 0.3 is 0 Å². The Morgan fingerprint density at radius 1 is 1.35 bits per heavy atom. The molecule has 0 radical (unpaired) electrons. The van der Waals surface area contributed by atoms with Crippen LogP contribution >= 0.6 is 23.2 Å². The Morgan fingerprint density at radius 3 is 2.52 bits per heavy atom. The van der Waals surface area contributed by atoms with Crippen LogP contribution in [-0.2, 0) is 9.59 Å². The molecule has 1 aliphatic heterocycles. The number of allylic oxidation sites excluding steroid dienone is 4. The SMILES string of the molecule is C=CC(=O)N1CCN(C(=O)CN=C2C(O)=CC(Cl)=CC2Cl)CC1. The predicted octanol–water partition coefficient (Wildman–Crippen LogP) is 1.47. The number of halogens is 2. The number of carbonyl (C=O) groups excluding carboxylic acids is 2. The highest BCUT2D eigenvalue weighted by atomic mass is 35.5. The number of aliphatic hydroxyl groups excluding tert-OH is 1. The van der Waals surface area contributed by atoms with Crippen LogP contribution in [0, 0.1) is 0 Å². The van der Waals surface area contributed by atoms with Gasteiger partial charge in [0, 0.05) is 37.3 Å². The van der Waals surface area contributed by atoms with E-state index in [1.165, 1.54) is 18.2 Å². The van der Waals surface area contributed by atoms with Gasteiger partial charge in [-0.05, 0) is 12.2 Å². The molecule has 1 saturated heterocycles. The fourth-order valence-corrected chi connectivity index (χ4v) is 2.95. The third-order valence-electron chi connectivity index (χ3n) is 3.61. The van der Waals surface area contributed by atoms with Crippen LogP contribution in [-0.4, -0.2) is 70.5 Å². The number of alkyl halides is 1. The Morgan fingerprint density at radius 2 is 1.96 bits per heavy atom. The topological polar surface area (TPSA) is 73.2 Å². The standard InChI is InChI=1S/C15H17Cl2N3O3/c1-2-13(22)19-3-5-20(6-4-19)14(23)9-18-15-11(17)7-10(16)8-12(15)21/h2,7-8,11,21H,1,3-6,9H2. The number of piperazine rings is 1. The molecule has 0 bridgehead atoms. The fourth-order valence-electron chi connectivity index (χ4n) is 2.34. The van der Waals surface area contributed by atoms with Gasteiger partial charge in [0.1, 0.15) is 12.3 Å². The zero-order chi connectivity index (χ0) is 17.0. The Kier molecular flexibility index (Phi) is 5.85. The molecule has 1 fully saturated rings. The first-order chi connectivity index (χ1) is 10.9. The van der Waals surface area contributed by atoms with Gasteiger partial charge < -0.3 is 14.9 Å². The molecule has 1 N–H and O–H groups in total. The third kappa shape index (κ3) is 4.36. The van der Waals surface area contributed by atoms with Gasteiger partial charge in [0.2, 0.25) is 11.8 Å². The van der Waals surface area contributed by atoms with Gasteiger partial charge in [-0.15, -0.1) is 11.6 Å². The number of hydrogen-bond donors (Lipinski definition) is 1. The van der Waals surface area contributed by atoms with Crippen molar-refractivity contribution in [2.45, 2.75) is 5.38 Å². The lowest BCUT2D eigenvalue weighted by Gasteiger charge is -2.34. The normalized spacial score (nSPS) is 23.4. The molecule has 2 amide bonds. The Bertz CT molecular complexity index is 605. The maximum absolute atomic E-state index is 12.2. The second-order valence-electron chi connectivity index (χ2n) is 5.09. The second kappa shape index (κ2) is 7.66. The van der Waals surface area contributed by atoms with Crippen molar-refractivity contribution in [3.05, 3.63) is 35.6 Å². The molecule has 6 nitrogen and oxygen atoms in total. The van der Waals surface area contributed by atoms with Crippen molar-refractivity contribution in [1.29, 1.82) is 0 Å². The minimum atomic E-state index is -0.664. The first-order valence-corrected chi connectivity index (χ1v) is 7.89. The summed E-state index contributed by atoms with van der Waals surface area (Å²) in [6.07, 6.45) is 4.14. The van der Waals surface area contributed by atoms with E-state index in [0.717, 1.165) is 0 Å². The summed E-state index contributed by atoms with van der Waals surface area (Å²) in [5.74, 6) is -0.449. The molecule has 8 heteroatoms. The highest BCUT2D eigenvalue weighted by Crippen LogP contribution is 2.20. The maximum Gasteiger partial charge on any atom is 0.246 e. The molecule has 2 aliphatic rings. The number of aliphatic hydroxyl groups is 1. The molecule has 1 atom stereocenters. The lowest BCUT2D eigenvalue weighted by molar-refractivity contribution is -0.136. The zero-order valence-electron chi connectivity index (χ0n) is 12.4. The minimum Gasteiger partial charge on any atom is -0.506 e. The van der Waals surface area contributed by atoms with Gasteiger partial charge in [-0.1, -0.05) is 18.2 Å². The summed E-state index contributed by atoms with van der Waals surface area (Å²) in [5.41, 5.74) is 0.227. The van der Waals surface area contributed by atoms with Crippen LogP contribution in [0.3, 0.4) is 0 Å². The van der Waals surface area contributed by atoms with E-state index in [-0.39, 0.29) is 29.8 Å². The highest BCUT2D eigenvalue weighted by molar-refractivity contribution is 6.40. The molecule has 0 aromatic rings. The first kappa shape index (κ1) is 17.6. The number of aliphatic imine (C=N–C) groups is 1. The van der Waals surface area contributed by atoms with Gasteiger partial charge in [0.05, 0.1) is 11.1 Å². The molecule has 124 valence electrons. The summed E-state index contributed by atoms with van der Waals surface area (Å²) in [6, 6.07) is 0. The van der Waals surface area contributed by atoms with Crippen molar-refractivity contribution in [2.24, 2.45) is 4.99 Å². The summed E-state index contributed by atoms with van der Waals surface area (Å²) >= 11 is 11.8. The molecule has 0 aromatic heterocycles. The minimum absolute atomic E-state index is 0.114. The molecule has 0 saturated carbocycles. The van der Waals surface area contributed by atoms with Gasteiger partial charge in [-0.3, -0.25) is 14.6 Å². The molecule has 1 heterocycles.